The molecule has 2 amide bonds. The van der Waals surface area contributed by atoms with Crippen molar-refractivity contribution in [3.8, 4) is 0 Å². The first-order valence-corrected chi connectivity index (χ1v) is 9.62. The largest absolute Gasteiger partial charge is 0.364 e. The van der Waals surface area contributed by atoms with Crippen LogP contribution in [0.3, 0.4) is 0 Å². The molecule has 0 radical (unpaired) electrons. The third-order valence-electron chi connectivity index (χ3n) is 5.50. The molecule has 7 heteroatoms. The lowest BCUT2D eigenvalue weighted by molar-refractivity contribution is -0.129. The number of primary amides is 1. The zero-order chi connectivity index (χ0) is 19.6. The Balaban J connectivity index is 2.14. The van der Waals surface area contributed by atoms with E-state index in [4.69, 9.17) is 5.73 Å². The van der Waals surface area contributed by atoms with Crippen LogP contribution in [0.25, 0.3) is 10.9 Å². The summed E-state index contributed by atoms with van der Waals surface area (Å²) in [6, 6.07) is 5.68. The Morgan fingerprint density at radius 1 is 1.19 bits per heavy atom. The molecule has 0 unspecified atom stereocenters. The summed E-state index contributed by atoms with van der Waals surface area (Å²) in [5.74, 6) is -0.0540. The Labute approximate surface area is 159 Å². The first-order chi connectivity index (χ1) is 13.0. The average Bonchev–Trinajstić information content (AvgIpc) is 2.61. The van der Waals surface area contributed by atoms with Crippen molar-refractivity contribution >= 4 is 28.7 Å². The number of nitrogens with two attached hydrogens (primary N) is 1. The minimum atomic E-state index is -0.589. The van der Waals surface area contributed by atoms with Crippen molar-refractivity contribution in [1.82, 2.24) is 15.3 Å². The van der Waals surface area contributed by atoms with Crippen LogP contribution in [-0.4, -0.2) is 41.4 Å². The molecule has 1 aromatic heterocycles. The standard InChI is InChI=1S/C20H27N5O2/c1-4-22-18(27)20(10-7-11-20)13-8-9-15-14(12-13)16(17(21)26)24-19(23-15)25(5-2)6-3/h8-9,12H,4-7,10-11H2,1-3H3,(H2,21,26)(H,22,27). The highest BCUT2D eigenvalue weighted by Gasteiger charge is 2.45. The monoisotopic (exact) mass is 369 g/mol. The van der Waals surface area contributed by atoms with Crippen LogP contribution in [0.2, 0.25) is 0 Å². The van der Waals surface area contributed by atoms with Crippen molar-refractivity contribution in [3.05, 3.63) is 29.5 Å². The average molecular weight is 369 g/mol. The third kappa shape index (κ3) is 3.22. The molecule has 144 valence electrons. The number of carbonyl (C=O) groups excluding carboxylic acids is 2. The van der Waals surface area contributed by atoms with Crippen molar-refractivity contribution in [2.45, 2.75) is 45.4 Å². The number of aromatic nitrogens is 2. The number of nitrogens with one attached hydrogen (secondary N) is 1. The SMILES string of the molecule is CCNC(=O)C1(c2ccc3nc(N(CC)CC)nc(C(N)=O)c3c2)CCC1. The number of amides is 2. The number of fused-ring (bicyclic) bond motifs is 1. The van der Waals surface area contributed by atoms with Crippen molar-refractivity contribution in [2.75, 3.05) is 24.5 Å². The van der Waals surface area contributed by atoms with Crippen LogP contribution in [-0.2, 0) is 10.2 Å². The smallest absolute Gasteiger partial charge is 0.268 e. The number of hydrogen-bond donors (Lipinski definition) is 2. The van der Waals surface area contributed by atoms with Crippen molar-refractivity contribution in [3.63, 3.8) is 0 Å². The van der Waals surface area contributed by atoms with E-state index in [-0.39, 0.29) is 11.6 Å². The number of benzene rings is 1. The lowest BCUT2D eigenvalue weighted by atomic mass is 9.63. The van der Waals surface area contributed by atoms with Gasteiger partial charge in [0, 0.05) is 25.0 Å². The predicted octanol–water partition coefficient (Wildman–Crippen LogP) is 2.13. The summed E-state index contributed by atoms with van der Waals surface area (Å²) >= 11 is 0. The van der Waals surface area contributed by atoms with Gasteiger partial charge >= 0.3 is 0 Å². The molecule has 0 bridgehead atoms. The number of carbonyl (C=O) groups is 2. The van der Waals surface area contributed by atoms with Crippen LogP contribution in [0.4, 0.5) is 5.95 Å². The molecule has 0 atom stereocenters. The molecule has 2 aromatic rings. The highest BCUT2D eigenvalue weighted by molar-refractivity contribution is 6.04. The summed E-state index contributed by atoms with van der Waals surface area (Å²) < 4.78 is 0. The van der Waals surface area contributed by atoms with Crippen molar-refractivity contribution < 1.29 is 9.59 Å². The fourth-order valence-corrected chi connectivity index (χ4v) is 3.76. The van der Waals surface area contributed by atoms with Crippen LogP contribution >= 0.6 is 0 Å². The lowest BCUT2D eigenvalue weighted by Crippen LogP contribution is -2.49. The van der Waals surface area contributed by atoms with Gasteiger partial charge in [0.2, 0.25) is 11.9 Å². The highest BCUT2D eigenvalue weighted by atomic mass is 16.2. The summed E-state index contributed by atoms with van der Waals surface area (Å²) in [5, 5.41) is 3.55. The third-order valence-corrected chi connectivity index (χ3v) is 5.50. The van der Waals surface area contributed by atoms with Crippen LogP contribution in [0.5, 0.6) is 0 Å². The number of nitrogens with zero attached hydrogens (tertiary/aromatic N) is 3. The Bertz CT molecular complexity index is 872. The van der Waals surface area contributed by atoms with E-state index in [9.17, 15) is 9.59 Å². The quantitative estimate of drug-likeness (QED) is 0.778. The fraction of sp³-hybridized carbons (Fsp3) is 0.500. The Morgan fingerprint density at radius 2 is 1.89 bits per heavy atom. The maximum atomic E-state index is 12.7. The second kappa shape index (κ2) is 7.50. The Kier molecular flexibility index (Phi) is 5.30. The molecule has 0 saturated heterocycles. The van der Waals surface area contributed by atoms with Crippen molar-refractivity contribution in [2.24, 2.45) is 5.73 Å². The molecule has 0 aliphatic heterocycles. The molecule has 3 rings (SSSR count). The normalized spacial score (nSPS) is 15.2. The van der Waals surface area contributed by atoms with Gasteiger partial charge in [0.1, 0.15) is 5.69 Å². The van der Waals surface area contributed by atoms with Crippen LogP contribution in [0.1, 0.15) is 56.1 Å². The second-order valence-corrected chi connectivity index (χ2v) is 6.94. The maximum absolute atomic E-state index is 12.7. The summed E-state index contributed by atoms with van der Waals surface area (Å²) in [4.78, 5) is 35.8. The van der Waals surface area contributed by atoms with Gasteiger partial charge in [0.05, 0.1) is 10.9 Å². The molecule has 1 aliphatic rings. The molecular formula is C20H27N5O2. The fourth-order valence-electron chi connectivity index (χ4n) is 3.76. The van der Waals surface area contributed by atoms with E-state index >= 15 is 0 Å². The van der Waals surface area contributed by atoms with Crippen molar-refractivity contribution in [1.29, 1.82) is 0 Å². The molecule has 0 spiro atoms. The zero-order valence-corrected chi connectivity index (χ0v) is 16.2. The van der Waals surface area contributed by atoms with Gasteiger partial charge in [-0.15, -0.1) is 0 Å². The van der Waals surface area contributed by atoms with Gasteiger partial charge in [-0.2, -0.15) is 0 Å². The van der Waals surface area contributed by atoms with Crippen LogP contribution in [0, 0.1) is 0 Å². The van der Waals surface area contributed by atoms with E-state index in [1.807, 2.05) is 43.9 Å². The second-order valence-electron chi connectivity index (χ2n) is 6.94. The minimum absolute atomic E-state index is 0.0388. The zero-order valence-electron chi connectivity index (χ0n) is 16.2. The number of likely N-dealkylation sites (N-methyl/N-ethyl adjacent to an activating group) is 1. The highest BCUT2D eigenvalue weighted by Crippen LogP contribution is 2.44. The first-order valence-electron chi connectivity index (χ1n) is 9.62. The Hall–Kier alpha value is -2.70. The van der Waals surface area contributed by atoms with Gasteiger partial charge in [-0.3, -0.25) is 9.59 Å². The van der Waals surface area contributed by atoms with E-state index < -0.39 is 11.3 Å². The molecule has 1 fully saturated rings. The first kappa shape index (κ1) is 19.1. The summed E-state index contributed by atoms with van der Waals surface area (Å²) in [5.41, 5.74) is 6.85. The van der Waals surface area contributed by atoms with E-state index in [1.54, 1.807) is 0 Å². The topological polar surface area (TPSA) is 101 Å². The molecule has 1 aromatic carbocycles. The van der Waals surface area contributed by atoms with Crippen LogP contribution in [0.15, 0.2) is 18.2 Å². The minimum Gasteiger partial charge on any atom is -0.364 e. The van der Waals surface area contributed by atoms with Gasteiger partial charge in [0.25, 0.3) is 5.91 Å². The number of hydrogen-bond acceptors (Lipinski definition) is 5. The van der Waals surface area contributed by atoms with Gasteiger partial charge in [0.15, 0.2) is 0 Å². The van der Waals surface area contributed by atoms with Gasteiger partial charge in [-0.25, -0.2) is 9.97 Å². The molecule has 3 N–H and O–H groups in total. The molecule has 1 heterocycles. The van der Waals surface area contributed by atoms with E-state index in [0.717, 1.165) is 37.9 Å². The summed E-state index contributed by atoms with van der Waals surface area (Å²) in [6.45, 7) is 8.00. The summed E-state index contributed by atoms with van der Waals surface area (Å²) in [7, 11) is 0. The van der Waals surface area contributed by atoms with Gasteiger partial charge in [-0.05, 0) is 51.3 Å². The molecular weight excluding hydrogens is 342 g/mol. The predicted molar refractivity (Wildman–Crippen MR) is 106 cm³/mol. The van der Waals surface area contributed by atoms with Crippen LogP contribution < -0.4 is 16.0 Å². The van der Waals surface area contributed by atoms with Gasteiger partial charge in [-0.1, -0.05) is 12.5 Å². The molecule has 27 heavy (non-hydrogen) atoms. The Morgan fingerprint density at radius 3 is 2.41 bits per heavy atom. The van der Waals surface area contributed by atoms with E-state index in [1.165, 1.54) is 0 Å². The maximum Gasteiger partial charge on any atom is 0.268 e. The van der Waals surface area contributed by atoms with E-state index in [0.29, 0.717) is 23.4 Å². The van der Waals surface area contributed by atoms with E-state index in [2.05, 4.69) is 15.3 Å². The number of rotatable bonds is 7. The molecule has 1 saturated carbocycles. The lowest BCUT2D eigenvalue weighted by Gasteiger charge is -2.40. The molecule has 7 nitrogen and oxygen atoms in total. The summed E-state index contributed by atoms with van der Waals surface area (Å²) in [6.07, 6.45) is 2.61. The molecule has 1 aliphatic carbocycles. The van der Waals surface area contributed by atoms with Gasteiger partial charge < -0.3 is 16.0 Å². The number of anilines is 1.